The van der Waals surface area contributed by atoms with Crippen LogP contribution in [-0.2, 0) is 12.0 Å². The predicted octanol–water partition coefficient (Wildman–Crippen LogP) is 4.07. The van der Waals surface area contributed by atoms with E-state index in [-0.39, 0.29) is 0 Å². The van der Waals surface area contributed by atoms with Gasteiger partial charge in [0, 0.05) is 10.6 Å². The fraction of sp³-hybridized carbons (Fsp3) is 0.294. The Balaban J connectivity index is 2.38. The van der Waals surface area contributed by atoms with Crippen LogP contribution in [0.3, 0.4) is 0 Å². The van der Waals surface area contributed by atoms with E-state index in [1.165, 1.54) is 5.56 Å². The van der Waals surface area contributed by atoms with Crippen molar-refractivity contribution in [3.8, 4) is 5.75 Å². The van der Waals surface area contributed by atoms with Crippen LogP contribution in [0.4, 0.5) is 0 Å². The van der Waals surface area contributed by atoms with Gasteiger partial charge < -0.3 is 10.5 Å². The first-order valence-electron chi connectivity index (χ1n) is 6.61. The lowest BCUT2D eigenvalue weighted by atomic mass is 9.84. The van der Waals surface area contributed by atoms with Crippen molar-refractivity contribution in [2.45, 2.75) is 25.8 Å². The zero-order valence-corrected chi connectivity index (χ0v) is 12.9. The number of rotatable bonds is 4. The number of ether oxygens (including phenoxy) is 1. The van der Waals surface area contributed by atoms with E-state index in [4.69, 9.17) is 22.1 Å². The van der Waals surface area contributed by atoms with E-state index in [9.17, 15) is 0 Å². The van der Waals surface area contributed by atoms with E-state index >= 15 is 0 Å². The molecule has 2 aromatic carbocycles. The van der Waals surface area contributed by atoms with Crippen molar-refractivity contribution < 1.29 is 4.74 Å². The van der Waals surface area contributed by atoms with Gasteiger partial charge in [-0.05, 0) is 55.2 Å². The molecule has 0 aromatic heterocycles. The standard InChI is InChI=1S/C17H20ClNO/c1-12-6-4-5-7-15(12)17(2,19)11-13-10-14(18)8-9-16(13)20-3/h4-10H,11,19H2,1-3H3. The second-order valence-corrected chi connectivity index (χ2v) is 5.80. The van der Waals surface area contributed by atoms with Crippen LogP contribution in [-0.4, -0.2) is 7.11 Å². The largest absolute Gasteiger partial charge is 0.496 e. The minimum absolute atomic E-state index is 0.469. The van der Waals surface area contributed by atoms with Crippen molar-refractivity contribution in [2.24, 2.45) is 5.73 Å². The molecule has 3 heteroatoms. The smallest absolute Gasteiger partial charge is 0.122 e. The highest BCUT2D eigenvalue weighted by atomic mass is 35.5. The van der Waals surface area contributed by atoms with Gasteiger partial charge in [0.2, 0.25) is 0 Å². The molecular weight excluding hydrogens is 270 g/mol. The Labute approximate surface area is 125 Å². The molecule has 2 aromatic rings. The number of hydrogen-bond acceptors (Lipinski definition) is 2. The first-order chi connectivity index (χ1) is 9.44. The maximum Gasteiger partial charge on any atom is 0.122 e. The van der Waals surface area contributed by atoms with Crippen molar-refractivity contribution in [1.82, 2.24) is 0 Å². The zero-order chi connectivity index (χ0) is 14.8. The Bertz CT molecular complexity index is 608. The van der Waals surface area contributed by atoms with Crippen LogP contribution in [0.25, 0.3) is 0 Å². The Hall–Kier alpha value is -1.51. The van der Waals surface area contributed by atoms with Gasteiger partial charge in [0.15, 0.2) is 0 Å². The van der Waals surface area contributed by atoms with E-state index in [2.05, 4.69) is 19.1 Å². The van der Waals surface area contributed by atoms with E-state index in [1.54, 1.807) is 7.11 Å². The van der Waals surface area contributed by atoms with Gasteiger partial charge in [0.05, 0.1) is 7.11 Å². The number of halogens is 1. The molecule has 1 atom stereocenters. The number of aryl methyl sites for hydroxylation is 1. The zero-order valence-electron chi connectivity index (χ0n) is 12.1. The molecule has 0 aliphatic heterocycles. The lowest BCUT2D eigenvalue weighted by Crippen LogP contribution is -2.36. The second kappa shape index (κ2) is 5.86. The maximum absolute atomic E-state index is 6.55. The van der Waals surface area contributed by atoms with Gasteiger partial charge in [0.1, 0.15) is 5.75 Å². The SMILES string of the molecule is COc1ccc(Cl)cc1CC(C)(N)c1ccccc1C. The van der Waals surface area contributed by atoms with Crippen molar-refractivity contribution in [2.75, 3.05) is 7.11 Å². The van der Waals surface area contributed by atoms with Crippen molar-refractivity contribution in [3.05, 3.63) is 64.2 Å². The van der Waals surface area contributed by atoms with Gasteiger partial charge in [-0.25, -0.2) is 0 Å². The minimum atomic E-state index is -0.469. The molecule has 0 bridgehead atoms. The molecule has 2 nitrogen and oxygen atoms in total. The lowest BCUT2D eigenvalue weighted by molar-refractivity contribution is 0.399. The van der Waals surface area contributed by atoms with Gasteiger partial charge in [-0.3, -0.25) is 0 Å². The van der Waals surface area contributed by atoms with Crippen LogP contribution in [0.2, 0.25) is 5.02 Å². The molecule has 20 heavy (non-hydrogen) atoms. The van der Waals surface area contributed by atoms with Gasteiger partial charge in [0.25, 0.3) is 0 Å². The monoisotopic (exact) mass is 289 g/mol. The van der Waals surface area contributed by atoms with Crippen molar-refractivity contribution >= 4 is 11.6 Å². The molecule has 0 aliphatic carbocycles. The van der Waals surface area contributed by atoms with E-state index < -0.39 is 5.54 Å². The Morgan fingerprint density at radius 1 is 1.20 bits per heavy atom. The topological polar surface area (TPSA) is 35.2 Å². The Morgan fingerprint density at radius 2 is 1.90 bits per heavy atom. The highest BCUT2D eigenvalue weighted by Crippen LogP contribution is 2.31. The van der Waals surface area contributed by atoms with Gasteiger partial charge in [-0.2, -0.15) is 0 Å². The minimum Gasteiger partial charge on any atom is -0.496 e. The Kier molecular flexibility index (Phi) is 4.36. The molecule has 2 rings (SSSR count). The number of methoxy groups -OCH3 is 1. The van der Waals surface area contributed by atoms with Gasteiger partial charge in [-0.1, -0.05) is 35.9 Å². The average molecular weight is 290 g/mol. The molecule has 106 valence electrons. The summed E-state index contributed by atoms with van der Waals surface area (Å²) >= 11 is 6.08. The average Bonchev–Trinajstić information content (AvgIpc) is 2.39. The van der Waals surface area contributed by atoms with Gasteiger partial charge >= 0.3 is 0 Å². The van der Waals surface area contributed by atoms with Crippen molar-refractivity contribution in [1.29, 1.82) is 0 Å². The van der Waals surface area contributed by atoms with Crippen molar-refractivity contribution in [3.63, 3.8) is 0 Å². The normalized spacial score (nSPS) is 13.8. The molecule has 0 fully saturated rings. The molecule has 0 spiro atoms. The third kappa shape index (κ3) is 3.14. The summed E-state index contributed by atoms with van der Waals surface area (Å²) in [5.41, 5.74) is 9.43. The molecule has 2 N–H and O–H groups in total. The van der Waals surface area contributed by atoms with E-state index in [0.29, 0.717) is 11.4 Å². The maximum atomic E-state index is 6.55. The number of hydrogen-bond donors (Lipinski definition) is 1. The quantitative estimate of drug-likeness (QED) is 0.921. The van der Waals surface area contributed by atoms with Gasteiger partial charge in [-0.15, -0.1) is 0 Å². The molecule has 0 aliphatic rings. The molecule has 0 saturated carbocycles. The molecule has 0 radical (unpaired) electrons. The first kappa shape index (κ1) is 14.9. The lowest BCUT2D eigenvalue weighted by Gasteiger charge is -2.28. The number of benzene rings is 2. The van der Waals surface area contributed by atoms with Crippen LogP contribution in [0.15, 0.2) is 42.5 Å². The summed E-state index contributed by atoms with van der Waals surface area (Å²) in [7, 11) is 1.66. The summed E-state index contributed by atoms with van der Waals surface area (Å²) in [6.45, 7) is 4.12. The second-order valence-electron chi connectivity index (χ2n) is 5.37. The third-order valence-electron chi connectivity index (χ3n) is 3.56. The predicted molar refractivity (Wildman–Crippen MR) is 84.4 cm³/mol. The molecule has 0 amide bonds. The summed E-state index contributed by atoms with van der Waals surface area (Å²) in [6, 6.07) is 13.8. The molecule has 0 heterocycles. The summed E-state index contributed by atoms with van der Waals surface area (Å²) in [5, 5.41) is 0.696. The molecule has 0 saturated heterocycles. The van der Waals surface area contributed by atoms with Crippen LogP contribution in [0, 0.1) is 6.92 Å². The van der Waals surface area contributed by atoms with Crippen LogP contribution in [0.5, 0.6) is 5.75 Å². The fourth-order valence-corrected chi connectivity index (χ4v) is 2.78. The summed E-state index contributed by atoms with van der Waals surface area (Å²) in [5.74, 6) is 0.819. The highest BCUT2D eigenvalue weighted by molar-refractivity contribution is 6.30. The first-order valence-corrected chi connectivity index (χ1v) is 6.99. The number of nitrogens with two attached hydrogens (primary N) is 1. The third-order valence-corrected chi connectivity index (χ3v) is 3.80. The summed E-state index contributed by atoms with van der Waals surface area (Å²) in [4.78, 5) is 0. The molecule has 1 unspecified atom stereocenters. The summed E-state index contributed by atoms with van der Waals surface area (Å²) in [6.07, 6.45) is 0.668. The van der Waals surface area contributed by atoms with Crippen LogP contribution >= 0.6 is 11.6 Å². The van der Waals surface area contributed by atoms with Crippen LogP contribution in [0.1, 0.15) is 23.6 Å². The van der Waals surface area contributed by atoms with Crippen LogP contribution < -0.4 is 10.5 Å². The van der Waals surface area contributed by atoms with E-state index in [1.807, 2.05) is 37.3 Å². The highest BCUT2D eigenvalue weighted by Gasteiger charge is 2.25. The molecular formula is C17H20ClNO. The summed E-state index contributed by atoms with van der Waals surface area (Å²) < 4.78 is 5.40. The Morgan fingerprint density at radius 3 is 2.55 bits per heavy atom. The van der Waals surface area contributed by atoms with E-state index in [0.717, 1.165) is 16.9 Å². The fourth-order valence-electron chi connectivity index (χ4n) is 2.59.